The number of methoxy groups -OCH3 is 1. The predicted molar refractivity (Wildman–Crippen MR) is 107 cm³/mol. The number of para-hydroxylation sites is 1. The Morgan fingerprint density at radius 3 is 2.58 bits per heavy atom. The quantitative estimate of drug-likeness (QED) is 0.666. The highest BCUT2D eigenvalue weighted by Gasteiger charge is 2.14. The van der Waals surface area contributed by atoms with Crippen molar-refractivity contribution in [1.82, 2.24) is 5.32 Å². The van der Waals surface area contributed by atoms with E-state index in [0.29, 0.717) is 5.92 Å². The molecule has 0 aliphatic carbocycles. The lowest BCUT2D eigenvalue weighted by Crippen LogP contribution is -2.33. The summed E-state index contributed by atoms with van der Waals surface area (Å²) in [5, 5.41) is 3.46. The van der Waals surface area contributed by atoms with E-state index in [2.05, 4.69) is 41.7 Å². The number of piperidine rings is 1. The van der Waals surface area contributed by atoms with E-state index in [9.17, 15) is 0 Å². The zero-order valence-electron chi connectivity index (χ0n) is 15.9. The smallest absolute Gasteiger partial charge is 0.122 e. The summed E-state index contributed by atoms with van der Waals surface area (Å²) in [4.78, 5) is 0. The van der Waals surface area contributed by atoms with Crippen LogP contribution in [0.1, 0.15) is 36.8 Å². The van der Waals surface area contributed by atoms with Crippen LogP contribution in [0.15, 0.2) is 48.5 Å². The van der Waals surface area contributed by atoms with Gasteiger partial charge in [0, 0.05) is 12.5 Å². The van der Waals surface area contributed by atoms with Crippen LogP contribution in [-0.4, -0.2) is 26.8 Å². The Balaban J connectivity index is 1.43. The van der Waals surface area contributed by atoms with Gasteiger partial charge in [-0.15, -0.1) is 0 Å². The standard InChI is InChI=1S/C23H31NO2/c1-25-22-14-12-19(13-15-22)7-2-3-9-21-10-4-5-11-23(21)26-18-20-8-6-16-24-17-20/h4-5,10-15,20,24H,2-3,6-9,16-18H2,1H3. The van der Waals surface area contributed by atoms with Crippen molar-refractivity contribution in [3.63, 3.8) is 0 Å². The van der Waals surface area contributed by atoms with Gasteiger partial charge in [0.1, 0.15) is 11.5 Å². The van der Waals surface area contributed by atoms with Crippen molar-refractivity contribution in [3.05, 3.63) is 59.7 Å². The average Bonchev–Trinajstić information content (AvgIpc) is 2.71. The summed E-state index contributed by atoms with van der Waals surface area (Å²) in [5.74, 6) is 2.64. The van der Waals surface area contributed by atoms with Crippen LogP contribution < -0.4 is 14.8 Å². The van der Waals surface area contributed by atoms with E-state index >= 15 is 0 Å². The van der Waals surface area contributed by atoms with Gasteiger partial charge in [0.05, 0.1) is 13.7 Å². The first kappa shape index (κ1) is 18.8. The molecule has 1 aliphatic heterocycles. The molecule has 0 aromatic heterocycles. The molecule has 1 N–H and O–H groups in total. The van der Waals surface area contributed by atoms with Gasteiger partial charge in [0.25, 0.3) is 0 Å². The number of hydrogen-bond acceptors (Lipinski definition) is 3. The van der Waals surface area contributed by atoms with E-state index in [0.717, 1.165) is 44.0 Å². The first-order chi connectivity index (χ1) is 12.8. The zero-order valence-corrected chi connectivity index (χ0v) is 15.9. The summed E-state index contributed by atoms with van der Waals surface area (Å²) in [6.07, 6.45) is 7.10. The monoisotopic (exact) mass is 353 g/mol. The van der Waals surface area contributed by atoms with Crippen molar-refractivity contribution in [3.8, 4) is 11.5 Å². The van der Waals surface area contributed by atoms with Crippen LogP contribution in [0.3, 0.4) is 0 Å². The Hall–Kier alpha value is -2.00. The molecule has 0 bridgehead atoms. The molecular formula is C23H31NO2. The molecule has 1 fully saturated rings. The number of unbranched alkanes of at least 4 members (excludes halogenated alkanes) is 1. The molecule has 2 aromatic rings. The van der Waals surface area contributed by atoms with Crippen molar-refractivity contribution in [2.24, 2.45) is 5.92 Å². The van der Waals surface area contributed by atoms with E-state index in [1.165, 1.54) is 36.8 Å². The van der Waals surface area contributed by atoms with Gasteiger partial charge >= 0.3 is 0 Å². The van der Waals surface area contributed by atoms with Gasteiger partial charge < -0.3 is 14.8 Å². The molecule has 3 nitrogen and oxygen atoms in total. The van der Waals surface area contributed by atoms with E-state index in [1.54, 1.807) is 7.11 Å². The van der Waals surface area contributed by atoms with Crippen molar-refractivity contribution < 1.29 is 9.47 Å². The summed E-state index contributed by atoms with van der Waals surface area (Å²) in [7, 11) is 1.71. The largest absolute Gasteiger partial charge is 0.497 e. The predicted octanol–water partition coefficient (Wildman–Crippen LogP) is 4.64. The minimum Gasteiger partial charge on any atom is -0.497 e. The minimum absolute atomic E-state index is 0.645. The molecule has 1 aliphatic rings. The second-order valence-corrected chi connectivity index (χ2v) is 7.19. The Kier molecular flexibility index (Phi) is 7.38. The fraction of sp³-hybridized carbons (Fsp3) is 0.478. The molecular weight excluding hydrogens is 322 g/mol. The van der Waals surface area contributed by atoms with Crippen molar-refractivity contribution >= 4 is 0 Å². The lowest BCUT2D eigenvalue weighted by Gasteiger charge is -2.23. The highest BCUT2D eigenvalue weighted by Crippen LogP contribution is 2.22. The summed E-state index contributed by atoms with van der Waals surface area (Å²) >= 11 is 0. The summed E-state index contributed by atoms with van der Waals surface area (Å²) in [5.41, 5.74) is 2.71. The summed E-state index contributed by atoms with van der Waals surface area (Å²) in [6.45, 7) is 3.07. The van der Waals surface area contributed by atoms with Crippen molar-refractivity contribution in [1.29, 1.82) is 0 Å². The second-order valence-electron chi connectivity index (χ2n) is 7.19. The minimum atomic E-state index is 0.645. The van der Waals surface area contributed by atoms with E-state index in [1.807, 2.05) is 12.1 Å². The van der Waals surface area contributed by atoms with Crippen LogP contribution in [0.2, 0.25) is 0 Å². The fourth-order valence-corrected chi connectivity index (χ4v) is 3.56. The van der Waals surface area contributed by atoms with Crippen LogP contribution in [0, 0.1) is 5.92 Å². The Bertz CT molecular complexity index is 648. The molecule has 3 rings (SSSR count). The van der Waals surface area contributed by atoms with Gasteiger partial charge in [-0.25, -0.2) is 0 Å². The van der Waals surface area contributed by atoms with Gasteiger partial charge in [0.2, 0.25) is 0 Å². The fourth-order valence-electron chi connectivity index (χ4n) is 3.56. The molecule has 1 unspecified atom stereocenters. The Morgan fingerprint density at radius 2 is 1.81 bits per heavy atom. The molecule has 0 amide bonds. The molecule has 1 heterocycles. The Labute approximate surface area is 157 Å². The number of aryl methyl sites for hydroxylation is 2. The topological polar surface area (TPSA) is 30.5 Å². The van der Waals surface area contributed by atoms with Gasteiger partial charge in [-0.05, 0) is 74.4 Å². The number of ether oxygens (including phenoxy) is 2. The first-order valence-corrected chi connectivity index (χ1v) is 9.89. The van der Waals surface area contributed by atoms with E-state index < -0.39 is 0 Å². The van der Waals surface area contributed by atoms with Crippen LogP contribution in [-0.2, 0) is 12.8 Å². The van der Waals surface area contributed by atoms with Crippen LogP contribution in [0.4, 0.5) is 0 Å². The molecule has 0 spiro atoms. The van der Waals surface area contributed by atoms with Crippen molar-refractivity contribution in [2.75, 3.05) is 26.8 Å². The van der Waals surface area contributed by atoms with Crippen molar-refractivity contribution in [2.45, 2.75) is 38.5 Å². The molecule has 1 saturated heterocycles. The maximum absolute atomic E-state index is 6.16. The normalized spacial score (nSPS) is 17.0. The Morgan fingerprint density at radius 1 is 1.00 bits per heavy atom. The zero-order chi connectivity index (χ0) is 18.0. The highest BCUT2D eigenvalue weighted by molar-refractivity contribution is 5.33. The lowest BCUT2D eigenvalue weighted by molar-refractivity contribution is 0.217. The molecule has 1 atom stereocenters. The number of rotatable bonds is 9. The summed E-state index contributed by atoms with van der Waals surface area (Å²) < 4.78 is 11.4. The number of nitrogens with one attached hydrogen (secondary N) is 1. The second kappa shape index (κ2) is 10.2. The van der Waals surface area contributed by atoms with Gasteiger partial charge in [-0.1, -0.05) is 30.3 Å². The van der Waals surface area contributed by atoms with E-state index in [4.69, 9.17) is 9.47 Å². The molecule has 0 saturated carbocycles. The summed E-state index contributed by atoms with van der Waals surface area (Å²) in [6, 6.07) is 16.9. The molecule has 3 heteroatoms. The third kappa shape index (κ3) is 5.77. The molecule has 140 valence electrons. The average molecular weight is 354 g/mol. The lowest BCUT2D eigenvalue weighted by atomic mass is 10.0. The molecule has 26 heavy (non-hydrogen) atoms. The van der Waals surface area contributed by atoms with Gasteiger partial charge in [-0.3, -0.25) is 0 Å². The van der Waals surface area contributed by atoms with Crippen LogP contribution in [0.5, 0.6) is 11.5 Å². The van der Waals surface area contributed by atoms with Gasteiger partial charge in [-0.2, -0.15) is 0 Å². The van der Waals surface area contributed by atoms with E-state index in [-0.39, 0.29) is 0 Å². The maximum Gasteiger partial charge on any atom is 0.122 e. The maximum atomic E-state index is 6.16. The highest BCUT2D eigenvalue weighted by atomic mass is 16.5. The van der Waals surface area contributed by atoms with Crippen LogP contribution in [0.25, 0.3) is 0 Å². The third-order valence-corrected chi connectivity index (χ3v) is 5.17. The van der Waals surface area contributed by atoms with Crippen LogP contribution >= 0.6 is 0 Å². The van der Waals surface area contributed by atoms with Gasteiger partial charge in [0.15, 0.2) is 0 Å². The molecule has 2 aromatic carbocycles. The first-order valence-electron chi connectivity index (χ1n) is 9.89. The molecule has 0 radical (unpaired) electrons. The number of hydrogen-bond donors (Lipinski definition) is 1. The third-order valence-electron chi connectivity index (χ3n) is 5.17. The number of benzene rings is 2. The SMILES string of the molecule is COc1ccc(CCCCc2ccccc2OCC2CCCNC2)cc1.